The predicted octanol–water partition coefficient (Wildman–Crippen LogP) is 7.83. The molecule has 0 unspecified atom stereocenters. The Bertz CT molecular complexity index is 1880. The van der Waals surface area contributed by atoms with Gasteiger partial charge in [-0.2, -0.15) is 0 Å². The third-order valence-corrected chi connectivity index (χ3v) is 8.47. The van der Waals surface area contributed by atoms with Gasteiger partial charge in [0.15, 0.2) is 0 Å². The molecule has 1 aliphatic heterocycles. The van der Waals surface area contributed by atoms with Crippen LogP contribution in [0, 0.1) is 0 Å². The molecule has 1 nitrogen and oxygen atoms in total. The van der Waals surface area contributed by atoms with E-state index in [1.807, 2.05) is 0 Å². The molecule has 5 aromatic carbocycles. The first-order chi connectivity index (χ1) is 16.8. The lowest BCUT2D eigenvalue weighted by molar-refractivity contribution is 1.02. The van der Waals surface area contributed by atoms with E-state index in [0.29, 0.717) is 0 Å². The summed E-state index contributed by atoms with van der Waals surface area (Å²) in [4.78, 5) is 0. The molecule has 0 atom stereocenters. The highest BCUT2D eigenvalue weighted by atomic mass is 15.0. The zero-order valence-corrected chi connectivity index (χ0v) is 18.7. The fourth-order valence-electron chi connectivity index (χ4n) is 7.02. The molecule has 9 rings (SSSR count). The second kappa shape index (κ2) is 5.87. The van der Waals surface area contributed by atoms with Crippen LogP contribution in [0.2, 0.25) is 0 Å². The standard InChI is InChI=1S/C33H21N/c1-4-10-24-19(6-1)14-22-17-32-30(18-27(22)24)26-11-5-8-21-16-29-28-15-20-7-2-3-9-23(20)25(28)12-13-31(29)34(32)33(21)26/h1-13,17-18H,14-16H2. The van der Waals surface area contributed by atoms with E-state index >= 15 is 0 Å². The molecular weight excluding hydrogens is 410 g/mol. The Morgan fingerprint density at radius 3 is 2.09 bits per heavy atom. The van der Waals surface area contributed by atoms with Gasteiger partial charge in [0.2, 0.25) is 0 Å². The summed E-state index contributed by atoms with van der Waals surface area (Å²) in [6.07, 6.45) is 3.09. The summed E-state index contributed by atoms with van der Waals surface area (Å²) in [5.41, 5.74) is 18.6. The molecule has 0 bridgehead atoms. The first kappa shape index (κ1) is 17.4. The zero-order chi connectivity index (χ0) is 22.0. The zero-order valence-electron chi connectivity index (χ0n) is 18.7. The first-order valence-electron chi connectivity index (χ1n) is 12.3. The molecule has 34 heavy (non-hydrogen) atoms. The van der Waals surface area contributed by atoms with Gasteiger partial charge >= 0.3 is 0 Å². The maximum atomic E-state index is 2.57. The average molecular weight is 432 g/mol. The van der Waals surface area contributed by atoms with Crippen molar-refractivity contribution in [3.8, 4) is 27.9 Å². The predicted molar refractivity (Wildman–Crippen MR) is 140 cm³/mol. The fraction of sp³-hybridized carbons (Fsp3) is 0.0909. The monoisotopic (exact) mass is 431 g/mol. The van der Waals surface area contributed by atoms with Crippen molar-refractivity contribution in [2.24, 2.45) is 0 Å². The van der Waals surface area contributed by atoms with E-state index in [1.54, 1.807) is 0 Å². The molecule has 1 heteroatoms. The highest BCUT2D eigenvalue weighted by molar-refractivity contribution is 6.13. The van der Waals surface area contributed by atoms with E-state index in [2.05, 4.69) is 95.6 Å². The summed E-state index contributed by atoms with van der Waals surface area (Å²) in [6, 6.07) is 34.4. The normalized spacial score (nSPS) is 14.1. The Hall–Kier alpha value is -4.10. The van der Waals surface area contributed by atoms with E-state index in [1.165, 1.54) is 83.1 Å². The maximum absolute atomic E-state index is 2.57. The van der Waals surface area contributed by atoms with E-state index < -0.39 is 0 Å². The molecule has 2 heterocycles. The van der Waals surface area contributed by atoms with Gasteiger partial charge in [-0.15, -0.1) is 0 Å². The fourth-order valence-corrected chi connectivity index (χ4v) is 7.02. The van der Waals surface area contributed by atoms with Crippen molar-refractivity contribution >= 4 is 21.8 Å². The number of nitrogens with zero attached hydrogens (tertiary/aromatic N) is 1. The van der Waals surface area contributed by atoms with Crippen LogP contribution in [0.5, 0.6) is 0 Å². The molecule has 3 aliphatic rings. The molecule has 0 N–H and O–H groups in total. The Morgan fingerprint density at radius 2 is 1.21 bits per heavy atom. The van der Waals surface area contributed by atoms with Crippen molar-refractivity contribution in [1.82, 2.24) is 4.57 Å². The van der Waals surface area contributed by atoms with Gasteiger partial charge in [0.05, 0.1) is 16.7 Å². The van der Waals surface area contributed by atoms with Crippen LogP contribution in [-0.4, -0.2) is 4.57 Å². The van der Waals surface area contributed by atoms with E-state index in [-0.39, 0.29) is 0 Å². The summed E-state index contributed by atoms with van der Waals surface area (Å²) in [7, 11) is 0. The van der Waals surface area contributed by atoms with Crippen molar-refractivity contribution in [1.29, 1.82) is 0 Å². The van der Waals surface area contributed by atoms with Gasteiger partial charge in [-0.3, -0.25) is 0 Å². The molecule has 0 fully saturated rings. The van der Waals surface area contributed by atoms with Crippen LogP contribution in [0.25, 0.3) is 49.7 Å². The summed E-state index contributed by atoms with van der Waals surface area (Å²) in [6.45, 7) is 0. The van der Waals surface area contributed by atoms with Gasteiger partial charge in [0.1, 0.15) is 0 Å². The molecule has 158 valence electrons. The highest BCUT2D eigenvalue weighted by Crippen LogP contribution is 2.47. The lowest BCUT2D eigenvalue weighted by Crippen LogP contribution is -2.10. The largest absolute Gasteiger partial charge is 0.309 e. The van der Waals surface area contributed by atoms with Gasteiger partial charge < -0.3 is 4.57 Å². The van der Waals surface area contributed by atoms with Gasteiger partial charge in [-0.1, -0.05) is 72.8 Å². The third-order valence-electron chi connectivity index (χ3n) is 8.47. The lowest BCUT2D eigenvalue weighted by atomic mass is 9.91. The minimum absolute atomic E-state index is 1.02. The average Bonchev–Trinajstić information content (AvgIpc) is 3.54. The number of aromatic nitrogens is 1. The number of hydrogen-bond donors (Lipinski definition) is 0. The molecule has 0 saturated heterocycles. The summed E-state index contributed by atoms with van der Waals surface area (Å²) in [5, 5.41) is 2.76. The number of rotatable bonds is 0. The second-order valence-electron chi connectivity index (χ2n) is 10.1. The Balaban J connectivity index is 1.38. The van der Waals surface area contributed by atoms with Crippen LogP contribution in [-0.2, 0) is 19.3 Å². The summed E-state index contributed by atoms with van der Waals surface area (Å²) in [5.74, 6) is 0. The Morgan fingerprint density at radius 1 is 0.471 bits per heavy atom. The van der Waals surface area contributed by atoms with Crippen molar-refractivity contribution < 1.29 is 0 Å². The van der Waals surface area contributed by atoms with Crippen molar-refractivity contribution in [3.63, 3.8) is 0 Å². The Labute approximate surface area is 197 Å². The molecule has 6 aromatic rings. The molecule has 0 spiro atoms. The SMILES string of the molecule is c1ccc2c(c1)Cc1cc3c(cc1-2)c1cccc2c1n3-c1ccc3c(c1C2)Cc1ccccc1-3. The number of fused-ring (bicyclic) bond motifs is 12. The second-order valence-corrected chi connectivity index (χ2v) is 10.1. The third kappa shape index (κ3) is 1.98. The van der Waals surface area contributed by atoms with Crippen LogP contribution in [0.4, 0.5) is 0 Å². The molecule has 0 saturated carbocycles. The maximum Gasteiger partial charge on any atom is 0.0576 e. The summed E-state index contributed by atoms with van der Waals surface area (Å²) < 4.78 is 2.57. The van der Waals surface area contributed by atoms with Crippen molar-refractivity contribution in [2.75, 3.05) is 0 Å². The molecular formula is C33H21N. The topological polar surface area (TPSA) is 4.93 Å². The highest BCUT2D eigenvalue weighted by Gasteiger charge is 2.29. The van der Waals surface area contributed by atoms with Crippen LogP contribution in [0.3, 0.4) is 0 Å². The first-order valence-corrected chi connectivity index (χ1v) is 12.3. The van der Waals surface area contributed by atoms with E-state index in [0.717, 1.165) is 19.3 Å². The van der Waals surface area contributed by atoms with Crippen LogP contribution in [0.1, 0.15) is 33.4 Å². The van der Waals surface area contributed by atoms with Gasteiger partial charge in [-0.05, 0) is 86.7 Å². The van der Waals surface area contributed by atoms with Gasteiger partial charge in [0, 0.05) is 17.2 Å². The number of benzene rings is 5. The van der Waals surface area contributed by atoms with Crippen LogP contribution in [0.15, 0.2) is 91.0 Å². The van der Waals surface area contributed by atoms with Gasteiger partial charge in [-0.25, -0.2) is 0 Å². The lowest BCUT2D eigenvalue weighted by Gasteiger charge is -2.23. The molecule has 1 aromatic heterocycles. The quantitative estimate of drug-likeness (QED) is 0.231. The minimum Gasteiger partial charge on any atom is -0.309 e. The van der Waals surface area contributed by atoms with E-state index in [4.69, 9.17) is 0 Å². The Kier molecular flexibility index (Phi) is 3.00. The molecule has 2 aliphatic carbocycles. The summed E-state index contributed by atoms with van der Waals surface area (Å²) >= 11 is 0. The van der Waals surface area contributed by atoms with Crippen LogP contribution < -0.4 is 0 Å². The van der Waals surface area contributed by atoms with Crippen molar-refractivity contribution in [3.05, 3.63) is 124 Å². The molecule has 0 radical (unpaired) electrons. The van der Waals surface area contributed by atoms with Crippen molar-refractivity contribution in [2.45, 2.75) is 19.3 Å². The number of para-hydroxylation sites is 1. The van der Waals surface area contributed by atoms with E-state index in [9.17, 15) is 0 Å². The molecule has 0 amide bonds. The minimum atomic E-state index is 1.02. The number of hydrogen-bond acceptors (Lipinski definition) is 0. The van der Waals surface area contributed by atoms with Crippen LogP contribution >= 0.6 is 0 Å². The smallest absolute Gasteiger partial charge is 0.0576 e. The van der Waals surface area contributed by atoms with Gasteiger partial charge in [0.25, 0.3) is 0 Å².